The van der Waals surface area contributed by atoms with Crippen LogP contribution in [0.3, 0.4) is 0 Å². The first-order chi connectivity index (χ1) is 11.7. The van der Waals surface area contributed by atoms with E-state index in [2.05, 4.69) is 10.3 Å². The van der Waals surface area contributed by atoms with Crippen molar-refractivity contribution in [2.24, 2.45) is 5.92 Å². The standard InChI is InChI=1S/C17H24N4O4/c1-10-7-14(16(24)19-11(10)2)17(25)21-6-5-20(12(3)22)8-13(9-21)15(23)18-4/h7,13H,5-6,8-9H2,1-4H3,(H,18,23)(H,19,24)/t13-/m1/s1. The van der Waals surface area contributed by atoms with Crippen molar-refractivity contribution in [3.63, 3.8) is 0 Å². The molecule has 0 bridgehead atoms. The van der Waals surface area contributed by atoms with Gasteiger partial charge in [-0.3, -0.25) is 19.2 Å². The molecule has 0 aliphatic carbocycles. The molecule has 2 N–H and O–H groups in total. The minimum Gasteiger partial charge on any atom is -0.359 e. The lowest BCUT2D eigenvalue weighted by Gasteiger charge is -2.23. The zero-order valence-corrected chi connectivity index (χ0v) is 15.0. The van der Waals surface area contributed by atoms with E-state index in [0.29, 0.717) is 12.2 Å². The maximum Gasteiger partial charge on any atom is 0.261 e. The third-order valence-electron chi connectivity index (χ3n) is 4.60. The Bertz CT molecular complexity index is 756. The number of H-pyrrole nitrogens is 1. The van der Waals surface area contributed by atoms with Gasteiger partial charge in [-0.25, -0.2) is 0 Å². The van der Waals surface area contributed by atoms with E-state index in [1.54, 1.807) is 17.9 Å². The lowest BCUT2D eigenvalue weighted by molar-refractivity contribution is -0.130. The first kappa shape index (κ1) is 18.7. The van der Waals surface area contributed by atoms with Crippen LogP contribution in [0, 0.1) is 19.8 Å². The van der Waals surface area contributed by atoms with Gasteiger partial charge in [0.25, 0.3) is 11.5 Å². The van der Waals surface area contributed by atoms with E-state index in [0.717, 1.165) is 5.56 Å². The predicted molar refractivity (Wildman–Crippen MR) is 92.3 cm³/mol. The van der Waals surface area contributed by atoms with Crippen molar-refractivity contribution >= 4 is 17.7 Å². The number of rotatable bonds is 2. The fourth-order valence-corrected chi connectivity index (χ4v) is 2.91. The van der Waals surface area contributed by atoms with E-state index in [9.17, 15) is 19.2 Å². The molecule has 1 fully saturated rings. The summed E-state index contributed by atoms with van der Waals surface area (Å²) >= 11 is 0. The molecule has 1 atom stereocenters. The molecular formula is C17H24N4O4. The average Bonchev–Trinajstić information content (AvgIpc) is 2.80. The van der Waals surface area contributed by atoms with E-state index in [1.165, 1.54) is 18.9 Å². The first-order valence-corrected chi connectivity index (χ1v) is 8.21. The zero-order valence-electron chi connectivity index (χ0n) is 15.0. The Hall–Kier alpha value is -2.64. The van der Waals surface area contributed by atoms with Crippen molar-refractivity contribution in [1.82, 2.24) is 20.1 Å². The summed E-state index contributed by atoms with van der Waals surface area (Å²) in [5, 5.41) is 2.57. The minimum atomic E-state index is -0.536. The van der Waals surface area contributed by atoms with Gasteiger partial charge >= 0.3 is 0 Å². The lowest BCUT2D eigenvalue weighted by atomic mass is 10.1. The molecule has 0 radical (unpaired) electrons. The molecule has 0 saturated carbocycles. The number of hydrogen-bond acceptors (Lipinski definition) is 4. The van der Waals surface area contributed by atoms with Gasteiger partial charge in [0.2, 0.25) is 11.8 Å². The summed E-state index contributed by atoms with van der Waals surface area (Å²) in [5.74, 6) is -1.35. The number of nitrogens with zero attached hydrogens (tertiary/aromatic N) is 2. The number of carbonyl (C=O) groups is 3. The van der Waals surface area contributed by atoms with Crippen LogP contribution in [0.25, 0.3) is 0 Å². The van der Waals surface area contributed by atoms with Gasteiger partial charge < -0.3 is 20.1 Å². The van der Waals surface area contributed by atoms with Crippen LogP contribution in [0.5, 0.6) is 0 Å². The van der Waals surface area contributed by atoms with Gasteiger partial charge in [0.1, 0.15) is 5.56 Å². The van der Waals surface area contributed by atoms with E-state index in [4.69, 9.17) is 0 Å². The highest BCUT2D eigenvalue weighted by Gasteiger charge is 2.31. The van der Waals surface area contributed by atoms with Crippen molar-refractivity contribution in [2.75, 3.05) is 33.2 Å². The summed E-state index contributed by atoms with van der Waals surface area (Å²) in [6.07, 6.45) is 0. The molecule has 25 heavy (non-hydrogen) atoms. The highest BCUT2D eigenvalue weighted by molar-refractivity contribution is 5.94. The van der Waals surface area contributed by atoms with Crippen molar-refractivity contribution < 1.29 is 14.4 Å². The molecule has 1 aromatic heterocycles. The fraction of sp³-hybridized carbons (Fsp3) is 0.529. The van der Waals surface area contributed by atoms with Gasteiger partial charge in [-0.05, 0) is 25.5 Å². The molecule has 3 amide bonds. The number of nitrogens with one attached hydrogen (secondary N) is 2. The highest BCUT2D eigenvalue weighted by Crippen LogP contribution is 2.14. The molecule has 1 aliphatic heterocycles. The summed E-state index contributed by atoms with van der Waals surface area (Å²) in [4.78, 5) is 54.5. The summed E-state index contributed by atoms with van der Waals surface area (Å²) < 4.78 is 0. The van der Waals surface area contributed by atoms with Crippen LogP contribution >= 0.6 is 0 Å². The Balaban J connectivity index is 2.32. The third kappa shape index (κ3) is 4.07. The van der Waals surface area contributed by atoms with Gasteiger partial charge in [0.15, 0.2) is 0 Å². The largest absolute Gasteiger partial charge is 0.359 e. The van der Waals surface area contributed by atoms with Crippen LogP contribution in [-0.2, 0) is 9.59 Å². The molecule has 0 aromatic carbocycles. The second kappa shape index (κ2) is 7.50. The Morgan fingerprint density at radius 3 is 2.36 bits per heavy atom. The van der Waals surface area contributed by atoms with Crippen LogP contribution in [-0.4, -0.2) is 65.7 Å². The molecule has 2 rings (SSSR count). The predicted octanol–water partition coefficient (Wildman–Crippen LogP) is -0.342. The van der Waals surface area contributed by atoms with Crippen LogP contribution in [0.4, 0.5) is 0 Å². The van der Waals surface area contributed by atoms with Gasteiger partial charge in [-0.1, -0.05) is 0 Å². The van der Waals surface area contributed by atoms with E-state index < -0.39 is 17.4 Å². The highest BCUT2D eigenvalue weighted by atomic mass is 16.2. The second-order valence-electron chi connectivity index (χ2n) is 6.35. The molecule has 136 valence electrons. The SMILES string of the molecule is CNC(=O)[C@@H]1CN(C(C)=O)CCN(C(=O)c2cc(C)c(C)[nH]c2=O)C1. The van der Waals surface area contributed by atoms with Crippen molar-refractivity contribution in [3.05, 3.63) is 33.2 Å². The number of pyridine rings is 1. The smallest absolute Gasteiger partial charge is 0.261 e. The number of aromatic amines is 1. The van der Waals surface area contributed by atoms with Crippen molar-refractivity contribution in [1.29, 1.82) is 0 Å². The summed E-state index contributed by atoms with van der Waals surface area (Å²) in [5.41, 5.74) is 1.13. The normalized spacial score (nSPS) is 17.8. The molecule has 0 spiro atoms. The van der Waals surface area contributed by atoms with E-state index in [-0.39, 0.29) is 37.0 Å². The molecule has 8 heteroatoms. The minimum absolute atomic E-state index is 0.0510. The summed E-state index contributed by atoms with van der Waals surface area (Å²) in [7, 11) is 1.52. The van der Waals surface area contributed by atoms with Crippen LogP contribution < -0.4 is 10.9 Å². The van der Waals surface area contributed by atoms with Gasteiger partial charge in [0, 0.05) is 45.8 Å². The summed E-state index contributed by atoms with van der Waals surface area (Å²) in [6, 6.07) is 1.57. The third-order valence-corrected chi connectivity index (χ3v) is 4.60. The average molecular weight is 348 g/mol. The molecule has 1 saturated heterocycles. The van der Waals surface area contributed by atoms with Crippen LogP contribution in [0.2, 0.25) is 0 Å². The Kier molecular flexibility index (Phi) is 5.61. The van der Waals surface area contributed by atoms with E-state index >= 15 is 0 Å². The quantitative estimate of drug-likeness (QED) is 0.763. The lowest BCUT2D eigenvalue weighted by Crippen LogP contribution is -2.43. The molecule has 1 aromatic rings. The zero-order chi connectivity index (χ0) is 18.7. The molecule has 8 nitrogen and oxygen atoms in total. The number of amides is 3. The topological polar surface area (TPSA) is 103 Å². The number of hydrogen-bond donors (Lipinski definition) is 2. The monoisotopic (exact) mass is 348 g/mol. The van der Waals surface area contributed by atoms with Gasteiger partial charge in [0.05, 0.1) is 5.92 Å². The fourth-order valence-electron chi connectivity index (χ4n) is 2.91. The van der Waals surface area contributed by atoms with Gasteiger partial charge in [-0.15, -0.1) is 0 Å². The maximum absolute atomic E-state index is 12.8. The van der Waals surface area contributed by atoms with E-state index in [1.807, 2.05) is 6.92 Å². The Morgan fingerprint density at radius 1 is 1.16 bits per heavy atom. The molecule has 1 aliphatic rings. The maximum atomic E-state index is 12.8. The number of aromatic nitrogens is 1. The Morgan fingerprint density at radius 2 is 1.76 bits per heavy atom. The Labute approximate surface area is 146 Å². The second-order valence-corrected chi connectivity index (χ2v) is 6.35. The van der Waals surface area contributed by atoms with Crippen molar-refractivity contribution in [2.45, 2.75) is 20.8 Å². The summed E-state index contributed by atoms with van der Waals surface area (Å²) in [6.45, 7) is 6.04. The molecule has 2 heterocycles. The van der Waals surface area contributed by atoms with Crippen LogP contribution in [0.1, 0.15) is 28.5 Å². The first-order valence-electron chi connectivity index (χ1n) is 8.21. The van der Waals surface area contributed by atoms with Crippen molar-refractivity contribution in [3.8, 4) is 0 Å². The number of carbonyl (C=O) groups excluding carboxylic acids is 3. The molecular weight excluding hydrogens is 324 g/mol. The van der Waals surface area contributed by atoms with Gasteiger partial charge in [-0.2, -0.15) is 0 Å². The number of aryl methyl sites for hydroxylation is 2. The molecule has 0 unspecified atom stereocenters. The van der Waals surface area contributed by atoms with Crippen LogP contribution in [0.15, 0.2) is 10.9 Å².